The summed E-state index contributed by atoms with van der Waals surface area (Å²) in [6, 6.07) is 9.84. The highest BCUT2D eigenvalue weighted by molar-refractivity contribution is 5.63. The van der Waals surface area contributed by atoms with Crippen LogP contribution in [-0.4, -0.2) is 15.2 Å². The number of rotatable bonds is 1. The zero-order valence-electron chi connectivity index (χ0n) is 8.23. The lowest BCUT2D eigenvalue weighted by Crippen LogP contribution is -1.94. The van der Waals surface area contributed by atoms with E-state index in [0.29, 0.717) is 0 Å². The lowest BCUT2D eigenvalue weighted by atomic mass is 10.1. The van der Waals surface area contributed by atoms with Crippen molar-refractivity contribution in [1.82, 2.24) is 9.94 Å². The Morgan fingerprint density at radius 2 is 1.79 bits per heavy atom. The quantitative estimate of drug-likeness (QED) is 0.698. The Morgan fingerprint density at radius 1 is 1.14 bits per heavy atom. The van der Waals surface area contributed by atoms with Gasteiger partial charge in [0.05, 0.1) is 11.4 Å². The van der Waals surface area contributed by atoms with Crippen molar-refractivity contribution in [1.29, 1.82) is 0 Å². The van der Waals surface area contributed by atoms with Gasteiger partial charge in [-0.3, -0.25) is 0 Å². The van der Waals surface area contributed by atoms with Gasteiger partial charge in [-0.15, -0.1) is 9.94 Å². The molecule has 0 saturated heterocycles. The highest BCUT2D eigenvalue weighted by Crippen LogP contribution is 2.22. The summed E-state index contributed by atoms with van der Waals surface area (Å²) in [4.78, 5) is 0.928. The molecular weight excluding hydrogens is 176 g/mol. The lowest BCUT2D eigenvalue weighted by molar-refractivity contribution is 0.143. The molecule has 0 saturated carbocycles. The van der Waals surface area contributed by atoms with Crippen molar-refractivity contribution in [3.8, 4) is 11.3 Å². The molecule has 0 unspecified atom stereocenters. The molecule has 72 valence electrons. The van der Waals surface area contributed by atoms with Gasteiger partial charge in [0.25, 0.3) is 0 Å². The highest BCUT2D eigenvalue weighted by atomic mass is 16.5. The summed E-state index contributed by atoms with van der Waals surface area (Å²) in [5.41, 5.74) is 3.66. The minimum absolute atomic E-state index is 0.781. The first-order chi connectivity index (χ1) is 6.70. The number of nitrogens with zero attached hydrogens (tertiary/aromatic N) is 2. The predicted octanol–water partition coefficient (Wildman–Crippen LogP) is 2.40. The molecule has 0 amide bonds. The summed E-state index contributed by atoms with van der Waals surface area (Å²) in [6.45, 7) is 3.80. The fourth-order valence-electron chi connectivity index (χ4n) is 1.44. The van der Waals surface area contributed by atoms with Crippen LogP contribution < -0.4 is 0 Å². The lowest BCUT2D eigenvalue weighted by Gasteiger charge is -1.96. The van der Waals surface area contributed by atoms with Gasteiger partial charge in [-0.25, -0.2) is 0 Å². The van der Waals surface area contributed by atoms with Crippen LogP contribution in [0.25, 0.3) is 11.3 Å². The molecular formula is C11H12N2O. The number of hydrogen-bond acceptors (Lipinski definition) is 2. The summed E-state index contributed by atoms with van der Waals surface area (Å²) in [5, 5.41) is 13.4. The predicted molar refractivity (Wildman–Crippen MR) is 54.3 cm³/mol. The second-order valence-corrected chi connectivity index (χ2v) is 3.31. The van der Waals surface area contributed by atoms with Gasteiger partial charge >= 0.3 is 0 Å². The molecule has 1 heterocycles. The zero-order chi connectivity index (χ0) is 10.1. The summed E-state index contributed by atoms with van der Waals surface area (Å²) in [5.74, 6) is 0. The van der Waals surface area contributed by atoms with Crippen molar-refractivity contribution in [3.05, 3.63) is 41.6 Å². The third-order valence-electron chi connectivity index (χ3n) is 2.44. The minimum atomic E-state index is 0.781. The average molecular weight is 188 g/mol. The average Bonchev–Trinajstić information content (AvgIpc) is 2.47. The highest BCUT2D eigenvalue weighted by Gasteiger charge is 2.10. The summed E-state index contributed by atoms with van der Waals surface area (Å²) in [7, 11) is 0. The maximum absolute atomic E-state index is 9.39. The van der Waals surface area contributed by atoms with Crippen LogP contribution in [-0.2, 0) is 0 Å². The second kappa shape index (κ2) is 3.18. The van der Waals surface area contributed by atoms with Crippen molar-refractivity contribution in [3.63, 3.8) is 0 Å². The fraction of sp³-hybridized carbons (Fsp3) is 0.182. The van der Waals surface area contributed by atoms with E-state index < -0.39 is 0 Å². The van der Waals surface area contributed by atoms with Gasteiger partial charge in [0.2, 0.25) is 0 Å². The first kappa shape index (κ1) is 8.81. The van der Waals surface area contributed by atoms with Crippen LogP contribution >= 0.6 is 0 Å². The molecule has 0 fully saturated rings. The van der Waals surface area contributed by atoms with Gasteiger partial charge in [-0.05, 0) is 13.8 Å². The first-order valence-corrected chi connectivity index (χ1v) is 4.51. The van der Waals surface area contributed by atoms with Crippen LogP contribution in [0.15, 0.2) is 30.3 Å². The number of aromatic nitrogens is 2. The van der Waals surface area contributed by atoms with Gasteiger partial charge in [-0.2, -0.15) is 0 Å². The maximum Gasteiger partial charge on any atom is 0.0990 e. The third-order valence-corrected chi connectivity index (χ3v) is 2.44. The van der Waals surface area contributed by atoms with E-state index in [4.69, 9.17) is 0 Å². The van der Waals surface area contributed by atoms with Crippen LogP contribution in [0.3, 0.4) is 0 Å². The standard InChI is InChI=1S/C11H12N2O/c1-8-9(2)13(14)12-11(8)10-6-4-3-5-7-10/h3-7,14H,1-2H3. The van der Waals surface area contributed by atoms with Crippen molar-refractivity contribution in [2.45, 2.75) is 13.8 Å². The van der Waals surface area contributed by atoms with E-state index in [1.807, 2.05) is 44.2 Å². The molecule has 0 spiro atoms. The molecule has 0 atom stereocenters. The molecule has 14 heavy (non-hydrogen) atoms. The Hall–Kier alpha value is -1.77. The summed E-state index contributed by atoms with van der Waals surface area (Å²) < 4.78 is 0. The topological polar surface area (TPSA) is 38.0 Å². The summed E-state index contributed by atoms with van der Waals surface area (Å²) >= 11 is 0. The van der Waals surface area contributed by atoms with E-state index in [1.54, 1.807) is 0 Å². The molecule has 3 heteroatoms. The molecule has 0 bridgehead atoms. The largest absolute Gasteiger partial charge is 0.411 e. The van der Waals surface area contributed by atoms with Crippen molar-refractivity contribution in [2.24, 2.45) is 0 Å². The molecule has 0 aliphatic heterocycles. The third kappa shape index (κ3) is 1.27. The van der Waals surface area contributed by atoms with E-state index in [0.717, 1.165) is 27.4 Å². The van der Waals surface area contributed by atoms with Crippen LogP contribution in [0, 0.1) is 13.8 Å². The molecule has 0 radical (unpaired) electrons. The van der Waals surface area contributed by atoms with Crippen molar-refractivity contribution in [2.75, 3.05) is 0 Å². The van der Waals surface area contributed by atoms with Crippen LogP contribution in [0.5, 0.6) is 0 Å². The van der Waals surface area contributed by atoms with Crippen LogP contribution in [0.2, 0.25) is 0 Å². The normalized spacial score (nSPS) is 10.4. The van der Waals surface area contributed by atoms with Crippen LogP contribution in [0.4, 0.5) is 0 Å². The van der Waals surface area contributed by atoms with Crippen molar-refractivity contribution >= 4 is 0 Å². The van der Waals surface area contributed by atoms with Crippen molar-refractivity contribution < 1.29 is 5.21 Å². The maximum atomic E-state index is 9.39. The van der Waals surface area contributed by atoms with Crippen LogP contribution in [0.1, 0.15) is 11.3 Å². The Kier molecular flexibility index (Phi) is 2.00. The molecule has 1 N–H and O–H groups in total. The fourth-order valence-corrected chi connectivity index (χ4v) is 1.44. The molecule has 0 aliphatic carbocycles. The van der Waals surface area contributed by atoms with E-state index in [1.165, 1.54) is 0 Å². The summed E-state index contributed by atoms with van der Waals surface area (Å²) in [6.07, 6.45) is 0. The number of hydrogen-bond donors (Lipinski definition) is 1. The first-order valence-electron chi connectivity index (χ1n) is 4.51. The Morgan fingerprint density at radius 3 is 2.29 bits per heavy atom. The van der Waals surface area contributed by atoms with E-state index in [-0.39, 0.29) is 0 Å². The van der Waals surface area contributed by atoms with E-state index in [2.05, 4.69) is 5.10 Å². The Labute approximate surface area is 82.6 Å². The van der Waals surface area contributed by atoms with Gasteiger partial charge in [0, 0.05) is 11.1 Å². The Balaban J connectivity index is 2.58. The van der Waals surface area contributed by atoms with Gasteiger partial charge in [0.1, 0.15) is 0 Å². The van der Waals surface area contributed by atoms with Gasteiger partial charge < -0.3 is 5.21 Å². The molecule has 2 rings (SSSR count). The molecule has 0 aliphatic rings. The molecule has 1 aromatic heterocycles. The smallest absolute Gasteiger partial charge is 0.0990 e. The van der Waals surface area contributed by atoms with Gasteiger partial charge in [-0.1, -0.05) is 30.3 Å². The molecule has 3 nitrogen and oxygen atoms in total. The monoisotopic (exact) mass is 188 g/mol. The van der Waals surface area contributed by atoms with E-state index in [9.17, 15) is 5.21 Å². The molecule has 2 aromatic rings. The number of benzene rings is 1. The SMILES string of the molecule is Cc1c(-c2ccccc2)nn(O)c1C. The second-order valence-electron chi connectivity index (χ2n) is 3.31. The van der Waals surface area contributed by atoms with E-state index >= 15 is 0 Å². The van der Waals surface area contributed by atoms with Gasteiger partial charge in [0.15, 0.2) is 0 Å². The molecule has 1 aromatic carbocycles. The zero-order valence-corrected chi connectivity index (χ0v) is 8.23. The Bertz CT molecular complexity index is 446. The minimum Gasteiger partial charge on any atom is -0.411 e.